The third-order valence-electron chi connectivity index (χ3n) is 3.00. The van der Waals surface area contributed by atoms with E-state index >= 15 is 0 Å². The van der Waals surface area contributed by atoms with Gasteiger partial charge in [0.1, 0.15) is 5.75 Å². The van der Waals surface area contributed by atoms with Gasteiger partial charge in [-0.3, -0.25) is 0 Å². The second-order valence-corrected chi connectivity index (χ2v) is 4.49. The third-order valence-corrected chi connectivity index (χ3v) is 3.00. The highest BCUT2D eigenvalue weighted by atomic mass is 19.4. The number of rotatable bonds is 5. The highest BCUT2D eigenvalue weighted by Gasteiger charge is 2.33. The fourth-order valence-corrected chi connectivity index (χ4v) is 2.19. The Bertz CT molecular complexity index is 569. The van der Waals surface area contributed by atoms with Crippen LogP contribution in [0.15, 0.2) is 54.6 Å². The van der Waals surface area contributed by atoms with Gasteiger partial charge in [-0.2, -0.15) is 0 Å². The molecular formula is C16H16F3NO. The predicted octanol–water partition coefficient (Wildman–Crippen LogP) is 4.28. The maximum absolute atomic E-state index is 12.5. The number of hydrogen-bond acceptors (Lipinski definition) is 2. The molecule has 0 aliphatic carbocycles. The van der Waals surface area contributed by atoms with Crippen LogP contribution in [0.25, 0.3) is 0 Å². The van der Waals surface area contributed by atoms with Crippen LogP contribution in [0.3, 0.4) is 0 Å². The first-order valence-electron chi connectivity index (χ1n) is 6.64. The zero-order valence-corrected chi connectivity index (χ0v) is 11.5. The van der Waals surface area contributed by atoms with E-state index in [1.165, 1.54) is 12.1 Å². The molecule has 0 saturated carbocycles. The molecule has 2 rings (SSSR count). The number of alkyl halides is 3. The minimum absolute atomic E-state index is 0.181. The minimum Gasteiger partial charge on any atom is -0.405 e. The summed E-state index contributed by atoms with van der Waals surface area (Å²) in [6.45, 7) is 2.53. The summed E-state index contributed by atoms with van der Waals surface area (Å²) < 4.78 is 41.7. The molecule has 5 heteroatoms. The SMILES string of the molecule is CCNC(c1ccccc1)c1ccccc1OC(F)(F)F. The molecule has 0 amide bonds. The lowest BCUT2D eigenvalue weighted by Crippen LogP contribution is -2.24. The van der Waals surface area contributed by atoms with E-state index in [1.54, 1.807) is 12.1 Å². The molecule has 0 aromatic heterocycles. The lowest BCUT2D eigenvalue weighted by atomic mass is 9.98. The first-order valence-corrected chi connectivity index (χ1v) is 6.64. The first-order chi connectivity index (χ1) is 10.0. The largest absolute Gasteiger partial charge is 0.573 e. The van der Waals surface area contributed by atoms with E-state index in [2.05, 4.69) is 10.1 Å². The number of hydrogen-bond donors (Lipinski definition) is 1. The number of nitrogens with one attached hydrogen (secondary N) is 1. The lowest BCUT2D eigenvalue weighted by molar-refractivity contribution is -0.275. The average Bonchev–Trinajstić information content (AvgIpc) is 2.45. The summed E-state index contributed by atoms with van der Waals surface area (Å²) in [6, 6.07) is 15.2. The van der Waals surface area contributed by atoms with E-state index in [1.807, 2.05) is 37.3 Å². The Morgan fingerprint density at radius 1 is 1.00 bits per heavy atom. The Kier molecular flexibility index (Phi) is 4.85. The quantitative estimate of drug-likeness (QED) is 0.888. The van der Waals surface area contributed by atoms with Crippen LogP contribution >= 0.6 is 0 Å². The Morgan fingerprint density at radius 3 is 2.24 bits per heavy atom. The van der Waals surface area contributed by atoms with Gasteiger partial charge in [0.15, 0.2) is 0 Å². The fraction of sp³-hybridized carbons (Fsp3) is 0.250. The van der Waals surface area contributed by atoms with Crippen LogP contribution in [-0.2, 0) is 0 Å². The summed E-state index contributed by atoms with van der Waals surface area (Å²) in [6.07, 6.45) is -4.70. The van der Waals surface area contributed by atoms with E-state index in [4.69, 9.17) is 0 Å². The second-order valence-electron chi connectivity index (χ2n) is 4.49. The molecule has 0 aliphatic rings. The Balaban J connectivity index is 2.41. The molecule has 2 nitrogen and oxygen atoms in total. The van der Waals surface area contributed by atoms with Gasteiger partial charge in [0.05, 0.1) is 6.04 Å². The van der Waals surface area contributed by atoms with Gasteiger partial charge in [-0.25, -0.2) is 0 Å². The van der Waals surface area contributed by atoms with Crippen LogP contribution in [0.1, 0.15) is 24.1 Å². The Hall–Kier alpha value is -2.01. The summed E-state index contributed by atoms with van der Waals surface area (Å²) in [5.74, 6) is -0.181. The molecule has 0 saturated heterocycles. The summed E-state index contributed by atoms with van der Waals surface area (Å²) in [5.41, 5.74) is 1.35. The monoisotopic (exact) mass is 295 g/mol. The van der Waals surface area contributed by atoms with Crippen LogP contribution in [-0.4, -0.2) is 12.9 Å². The molecule has 0 radical (unpaired) electrons. The Labute approximate surface area is 121 Å². The van der Waals surface area contributed by atoms with E-state index in [9.17, 15) is 13.2 Å². The smallest absolute Gasteiger partial charge is 0.405 e. The molecule has 0 aliphatic heterocycles. The highest BCUT2D eigenvalue weighted by molar-refractivity contribution is 5.41. The molecule has 1 unspecified atom stereocenters. The molecule has 0 fully saturated rings. The summed E-state index contributed by atoms with van der Waals surface area (Å²) in [7, 11) is 0. The van der Waals surface area contributed by atoms with Crippen molar-refractivity contribution >= 4 is 0 Å². The van der Waals surface area contributed by atoms with Crippen molar-refractivity contribution in [1.29, 1.82) is 0 Å². The highest BCUT2D eigenvalue weighted by Crippen LogP contribution is 2.33. The van der Waals surface area contributed by atoms with Crippen molar-refractivity contribution in [2.75, 3.05) is 6.54 Å². The van der Waals surface area contributed by atoms with Crippen molar-refractivity contribution in [3.05, 3.63) is 65.7 Å². The van der Waals surface area contributed by atoms with Gasteiger partial charge < -0.3 is 10.1 Å². The standard InChI is InChI=1S/C16H16F3NO/c1-2-20-15(12-8-4-3-5-9-12)13-10-6-7-11-14(13)21-16(17,18)19/h3-11,15,20H,2H2,1H3. The molecular weight excluding hydrogens is 279 g/mol. The van der Waals surface area contributed by atoms with E-state index in [0.29, 0.717) is 12.1 Å². The van der Waals surface area contributed by atoms with Crippen molar-refractivity contribution in [1.82, 2.24) is 5.32 Å². The van der Waals surface area contributed by atoms with Crippen LogP contribution in [0, 0.1) is 0 Å². The van der Waals surface area contributed by atoms with Gasteiger partial charge in [0.25, 0.3) is 0 Å². The number of ether oxygens (including phenoxy) is 1. The molecule has 2 aromatic rings. The number of benzene rings is 2. The number of halogens is 3. The molecule has 1 atom stereocenters. The molecule has 0 spiro atoms. The van der Waals surface area contributed by atoms with Crippen molar-refractivity contribution in [3.63, 3.8) is 0 Å². The molecule has 112 valence electrons. The van der Waals surface area contributed by atoms with Crippen LogP contribution < -0.4 is 10.1 Å². The molecule has 0 bridgehead atoms. The van der Waals surface area contributed by atoms with Gasteiger partial charge in [-0.05, 0) is 18.2 Å². The normalized spacial score (nSPS) is 13.0. The summed E-state index contributed by atoms with van der Waals surface area (Å²) in [4.78, 5) is 0. The zero-order chi connectivity index (χ0) is 15.3. The van der Waals surface area contributed by atoms with Crippen LogP contribution in [0.4, 0.5) is 13.2 Å². The second kappa shape index (κ2) is 6.63. The topological polar surface area (TPSA) is 21.3 Å². The van der Waals surface area contributed by atoms with Gasteiger partial charge in [-0.15, -0.1) is 13.2 Å². The first kappa shape index (κ1) is 15.4. The van der Waals surface area contributed by atoms with E-state index in [-0.39, 0.29) is 11.8 Å². The minimum atomic E-state index is -4.70. The predicted molar refractivity (Wildman–Crippen MR) is 75.1 cm³/mol. The van der Waals surface area contributed by atoms with Gasteiger partial charge in [0.2, 0.25) is 0 Å². The molecule has 1 N–H and O–H groups in total. The number of para-hydroxylation sites is 1. The van der Waals surface area contributed by atoms with Crippen molar-refractivity contribution in [3.8, 4) is 5.75 Å². The molecule has 2 aromatic carbocycles. The summed E-state index contributed by atoms with van der Waals surface area (Å²) in [5, 5.41) is 3.19. The maximum atomic E-state index is 12.5. The zero-order valence-electron chi connectivity index (χ0n) is 11.5. The van der Waals surface area contributed by atoms with Gasteiger partial charge in [0, 0.05) is 5.56 Å². The average molecular weight is 295 g/mol. The van der Waals surface area contributed by atoms with E-state index in [0.717, 1.165) is 5.56 Å². The fourth-order valence-electron chi connectivity index (χ4n) is 2.19. The van der Waals surface area contributed by atoms with Crippen molar-refractivity contribution < 1.29 is 17.9 Å². The third kappa shape index (κ3) is 4.23. The van der Waals surface area contributed by atoms with Gasteiger partial charge in [-0.1, -0.05) is 55.5 Å². The summed E-state index contributed by atoms with van der Waals surface area (Å²) >= 11 is 0. The van der Waals surface area contributed by atoms with Crippen molar-refractivity contribution in [2.24, 2.45) is 0 Å². The molecule has 0 heterocycles. The Morgan fingerprint density at radius 2 is 1.62 bits per heavy atom. The molecule has 21 heavy (non-hydrogen) atoms. The maximum Gasteiger partial charge on any atom is 0.573 e. The van der Waals surface area contributed by atoms with Crippen LogP contribution in [0.5, 0.6) is 5.75 Å². The van der Waals surface area contributed by atoms with Crippen LogP contribution in [0.2, 0.25) is 0 Å². The lowest BCUT2D eigenvalue weighted by Gasteiger charge is -2.22. The van der Waals surface area contributed by atoms with E-state index < -0.39 is 6.36 Å². The van der Waals surface area contributed by atoms with Gasteiger partial charge >= 0.3 is 6.36 Å². The van der Waals surface area contributed by atoms with Crippen molar-refractivity contribution in [2.45, 2.75) is 19.3 Å².